The highest BCUT2D eigenvalue weighted by molar-refractivity contribution is 7.92. The summed E-state index contributed by atoms with van der Waals surface area (Å²) in [4.78, 5) is 26.1. The first-order valence-corrected chi connectivity index (χ1v) is 15.1. The number of nitrogens with two attached hydrogens (primary N) is 1. The third-order valence-corrected chi connectivity index (χ3v) is 10.4. The zero-order chi connectivity index (χ0) is 27.6. The number of carbonyl (C=O) groups is 2. The van der Waals surface area contributed by atoms with Crippen LogP contribution in [0.3, 0.4) is 0 Å². The summed E-state index contributed by atoms with van der Waals surface area (Å²) in [6, 6.07) is 20.5. The quantitative estimate of drug-likeness (QED) is 0.339. The van der Waals surface area contributed by atoms with Gasteiger partial charge in [-0.3, -0.25) is 9.59 Å². The fourth-order valence-corrected chi connectivity index (χ4v) is 8.19. The smallest absolute Gasteiger partial charge is 0.307 e. The van der Waals surface area contributed by atoms with E-state index in [0.717, 1.165) is 35.6 Å². The summed E-state index contributed by atoms with van der Waals surface area (Å²) >= 11 is 0. The van der Waals surface area contributed by atoms with Gasteiger partial charge < -0.3 is 21.5 Å². The monoisotopic (exact) mass is 549 g/mol. The van der Waals surface area contributed by atoms with Crippen molar-refractivity contribution in [1.82, 2.24) is 10.6 Å². The average Bonchev–Trinajstić information content (AvgIpc) is 2.95. The van der Waals surface area contributed by atoms with E-state index in [1.54, 1.807) is 12.1 Å². The van der Waals surface area contributed by atoms with Crippen LogP contribution in [0.25, 0.3) is 10.8 Å². The van der Waals surface area contributed by atoms with Gasteiger partial charge in [-0.15, -0.1) is 0 Å². The number of carboxylic acids is 1. The van der Waals surface area contributed by atoms with Gasteiger partial charge in [0.1, 0.15) is 5.37 Å². The molecule has 8 nitrogen and oxygen atoms in total. The highest BCUT2D eigenvalue weighted by Gasteiger charge is 2.51. The molecule has 0 bridgehead atoms. The topological polar surface area (TPSA) is 139 Å². The molecule has 2 fully saturated rings. The number of sulfone groups is 1. The van der Waals surface area contributed by atoms with Crippen LogP contribution in [-0.2, 0) is 25.8 Å². The van der Waals surface area contributed by atoms with Gasteiger partial charge in [-0.05, 0) is 53.6 Å². The van der Waals surface area contributed by atoms with E-state index in [4.69, 9.17) is 5.73 Å². The van der Waals surface area contributed by atoms with Gasteiger partial charge in [-0.1, -0.05) is 73.5 Å². The molecule has 1 saturated carbocycles. The van der Waals surface area contributed by atoms with Crippen molar-refractivity contribution in [3.63, 3.8) is 0 Å². The SMILES string of the molecule is N[C@@H](Cc1ccccc1)C(=O)NC(C1CNC2CCCCC2C1C(=O)O)S(=O)(=O)c1ccc2ccccc2c1. The molecule has 0 spiro atoms. The second-order valence-electron chi connectivity index (χ2n) is 10.8. The molecule has 1 saturated heterocycles. The van der Waals surface area contributed by atoms with Gasteiger partial charge in [0.25, 0.3) is 0 Å². The number of piperidine rings is 1. The number of carboxylic acid groups (broad SMARTS) is 1. The third kappa shape index (κ3) is 5.71. The molecule has 206 valence electrons. The Labute approximate surface area is 228 Å². The summed E-state index contributed by atoms with van der Waals surface area (Å²) < 4.78 is 28.5. The van der Waals surface area contributed by atoms with E-state index < -0.39 is 45.0 Å². The van der Waals surface area contributed by atoms with Crippen molar-refractivity contribution in [2.24, 2.45) is 23.5 Å². The van der Waals surface area contributed by atoms with Crippen molar-refractivity contribution in [3.8, 4) is 0 Å². The molecule has 5 rings (SSSR count). The Morgan fingerprint density at radius 2 is 1.67 bits per heavy atom. The van der Waals surface area contributed by atoms with Crippen molar-refractivity contribution < 1.29 is 23.1 Å². The lowest BCUT2D eigenvalue weighted by molar-refractivity contribution is -0.149. The molecule has 3 aromatic rings. The first kappa shape index (κ1) is 27.3. The molecule has 1 amide bonds. The average molecular weight is 550 g/mol. The van der Waals surface area contributed by atoms with E-state index in [2.05, 4.69) is 10.6 Å². The normalized spacial score (nSPS) is 24.8. The number of aliphatic carboxylic acids is 1. The van der Waals surface area contributed by atoms with E-state index in [-0.39, 0.29) is 29.8 Å². The molecule has 2 aliphatic rings. The molecular weight excluding hydrogens is 514 g/mol. The Hall–Kier alpha value is -3.27. The third-order valence-electron chi connectivity index (χ3n) is 8.34. The van der Waals surface area contributed by atoms with Crippen LogP contribution < -0.4 is 16.4 Å². The van der Waals surface area contributed by atoms with Gasteiger partial charge in [0.15, 0.2) is 9.84 Å². The van der Waals surface area contributed by atoms with Crippen molar-refractivity contribution in [2.75, 3.05) is 6.54 Å². The summed E-state index contributed by atoms with van der Waals surface area (Å²) in [6.07, 6.45) is 3.70. The van der Waals surface area contributed by atoms with Gasteiger partial charge in [-0.25, -0.2) is 8.42 Å². The lowest BCUT2D eigenvalue weighted by atomic mass is 9.68. The van der Waals surface area contributed by atoms with E-state index in [0.29, 0.717) is 6.42 Å². The van der Waals surface area contributed by atoms with E-state index in [9.17, 15) is 23.1 Å². The Bertz CT molecular complexity index is 1450. The summed E-state index contributed by atoms with van der Waals surface area (Å²) in [5, 5.41) is 16.7. The van der Waals surface area contributed by atoms with Crippen LogP contribution >= 0.6 is 0 Å². The second kappa shape index (κ2) is 11.5. The maximum absolute atomic E-state index is 14.2. The Kier molecular flexibility index (Phi) is 8.02. The lowest BCUT2D eigenvalue weighted by Crippen LogP contribution is -2.62. The number of hydrogen-bond acceptors (Lipinski definition) is 6. The van der Waals surface area contributed by atoms with Crippen molar-refractivity contribution in [1.29, 1.82) is 0 Å². The van der Waals surface area contributed by atoms with Crippen LogP contribution in [0.1, 0.15) is 31.2 Å². The highest BCUT2D eigenvalue weighted by Crippen LogP contribution is 2.41. The second-order valence-corrected chi connectivity index (χ2v) is 12.8. The summed E-state index contributed by atoms with van der Waals surface area (Å²) in [7, 11) is -4.19. The number of amides is 1. The number of nitrogens with one attached hydrogen (secondary N) is 2. The predicted octanol–water partition coefficient (Wildman–Crippen LogP) is 3.10. The van der Waals surface area contributed by atoms with Gasteiger partial charge >= 0.3 is 5.97 Å². The maximum atomic E-state index is 14.2. The van der Waals surface area contributed by atoms with Crippen LogP contribution in [0, 0.1) is 17.8 Å². The molecule has 39 heavy (non-hydrogen) atoms. The zero-order valence-electron chi connectivity index (χ0n) is 21.7. The molecule has 6 atom stereocenters. The fraction of sp³-hybridized carbons (Fsp3) is 0.400. The number of rotatable bonds is 8. The predicted molar refractivity (Wildman–Crippen MR) is 150 cm³/mol. The Morgan fingerprint density at radius 1 is 0.974 bits per heavy atom. The van der Waals surface area contributed by atoms with Crippen molar-refractivity contribution in [3.05, 3.63) is 78.4 Å². The van der Waals surface area contributed by atoms with Gasteiger partial charge in [0.05, 0.1) is 16.9 Å². The van der Waals surface area contributed by atoms with Crippen LogP contribution in [0.2, 0.25) is 0 Å². The highest BCUT2D eigenvalue weighted by atomic mass is 32.2. The minimum Gasteiger partial charge on any atom is -0.481 e. The van der Waals surface area contributed by atoms with E-state index in [1.165, 1.54) is 6.07 Å². The molecule has 0 aromatic heterocycles. The minimum atomic E-state index is -4.19. The van der Waals surface area contributed by atoms with Gasteiger partial charge in [0.2, 0.25) is 5.91 Å². The molecule has 5 unspecified atom stereocenters. The summed E-state index contributed by atoms with van der Waals surface area (Å²) in [6.45, 7) is 0.170. The molecule has 9 heteroatoms. The largest absolute Gasteiger partial charge is 0.481 e. The molecule has 5 N–H and O–H groups in total. The summed E-state index contributed by atoms with van der Waals surface area (Å²) in [5.74, 6) is -3.64. The molecule has 3 aromatic carbocycles. The van der Waals surface area contributed by atoms with Crippen LogP contribution in [0.15, 0.2) is 77.7 Å². The van der Waals surface area contributed by atoms with Gasteiger partial charge in [-0.2, -0.15) is 0 Å². The van der Waals surface area contributed by atoms with Crippen molar-refractivity contribution in [2.45, 2.75) is 54.5 Å². The van der Waals surface area contributed by atoms with E-state index >= 15 is 0 Å². The molecule has 1 aliphatic carbocycles. The lowest BCUT2D eigenvalue weighted by Gasteiger charge is -2.46. The van der Waals surface area contributed by atoms with Crippen LogP contribution in [0.4, 0.5) is 0 Å². The van der Waals surface area contributed by atoms with E-state index in [1.807, 2.05) is 54.6 Å². The Balaban J connectivity index is 1.51. The molecule has 0 radical (unpaired) electrons. The van der Waals surface area contributed by atoms with Crippen LogP contribution in [-0.4, -0.2) is 49.4 Å². The standard InChI is InChI=1S/C30H35N3O5S/c31-25(16-19-8-2-1-3-9-19)28(34)33-29(24-18-32-26-13-7-6-12-23(26)27(24)30(35)36)39(37,38)22-15-14-20-10-4-5-11-21(20)17-22/h1-5,8-11,14-15,17,23-27,29,32H,6-7,12-13,16,18,31H2,(H,33,34)(H,35,36)/t23?,24?,25-,26?,27?,29?/m0/s1. The zero-order valence-corrected chi connectivity index (χ0v) is 22.5. The van der Waals surface area contributed by atoms with Gasteiger partial charge in [0, 0.05) is 18.5 Å². The number of benzene rings is 3. The number of carbonyl (C=O) groups excluding carboxylic acids is 1. The van der Waals surface area contributed by atoms with Crippen molar-refractivity contribution >= 4 is 32.5 Å². The molecule has 1 heterocycles. The number of hydrogen-bond donors (Lipinski definition) is 4. The maximum Gasteiger partial charge on any atom is 0.307 e. The Morgan fingerprint density at radius 3 is 2.41 bits per heavy atom. The molecule has 1 aliphatic heterocycles. The summed E-state index contributed by atoms with van der Waals surface area (Å²) in [5.41, 5.74) is 7.09. The molecular formula is C30H35N3O5S. The van der Waals surface area contributed by atoms with Crippen LogP contribution in [0.5, 0.6) is 0 Å². The number of fused-ring (bicyclic) bond motifs is 2. The first-order valence-electron chi connectivity index (χ1n) is 13.5. The fourth-order valence-electron chi connectivity index (χ4n) is 6.35. The first-order chi connectivity index (χ1) is 18.8. The minimum absolute atomic E-state index is 0.0242.